The molecule has 2 aromatic heterocycles. The van der Waals surface area contributed by atoms with E-state index in [2.05, 4.69) is 204 Å². The molecular weight excluding hydrogens is 743 g/mol. The summed E-state index contributed by atoms with van der Waals surface area (Å²) in [5.74, 6) is 0.631. The van der Waals surface area contributed by atoms with Crippen LogP contribution in [0.25, 0.3) is 93.8 Å². The predicted octanol–water partition coefficient (Wildman–Crippen LogP) is 15.7. The number of benzene rings is 10. The Morgan fingerprint density at radius 2 is 0.918 bits per heavy atom. The summed E-state index contributed by atoms with van der Waals surface area (Å²) in [4.78, 5) is 7.26. The second-order valence-electron chi connectivity index (χ2n) is 15.6. The van der Waals surface area contributed by atoms with Gasteiger partial charge in [-0.25, -0.2) is 4.98 Å². The summed E-state index contributed by atoms with van der Waals surface area (Å²) < 4.78 is 8.92. The number of oxazole rings is 1. The first-order valence-electron chi connectivity index (χ1n) is 20.7. The average molecular weight is 780 g/mol. The van der Waals surface area contributed by atoms with Crippen molar-refractivity contribution >= 4 is 71.5 Å². The Morgan fingerprint density at radius 3 is 1.66 bits per heavy atom. The van der Waals surface area contributed by atoms with Crippen molar-refractivity contribution in [3.05, 3.63) is 224 Å². The van der Waals surface area contributed by atoms with E-state index in [1.807, 2.05) is 30.3 Å². The molecule has 0 saturated carbocycles. The summed E-state index contributed by atoms with van der Waals surface area (Å²) in [6.45, 7) is 0. The maximum atomic E-state index is 6.54. The van der Waals surface area contributed by atoms with Gasteiger partial charge >= 0.3 is 0 Å². The molecule has 10 aromatic carbocycles. The van der Waals surface area contributed by atoms with Gasteiger partial charge in [-0.3, -0.25) is 0 Å². The number of aromatic nitrogens is 2. The summed E-state index contributed by atoms with van der Waals surface area (Å²) in [5.41, 5.74) is 14.0. The zero-order valence-corrected chi connectivity index (χ0v) is 33.1. The van der Waals surface area contributed by atoms with E-state index in [-0.39, 0.29) is 0 Å². The van der Waals surface area contributed by atoms with Gasteiger partial charge in [-0.05, 0) is 117 Å². The maximum Gasteiger partial charge on any atom is 0.227 e. The zero-order chi connectivity index (χ0) is 40.3. The van der Waals surface area contributed by atoms with Crippen LogP contribution in [-0.4, -0.2) is 9.55 Å². The molecule has 2 heterocycles. The van der Waals surface area contributed by atoms with Crippen LogP contribution in [-0.2, 0) is 0 Å². The van der Waals surface area contributed by atoms with Crippen LogP contribution in [0.3, 0.4) is 0 Å². The van der Waals surface area contributed by atoms with Gasteiger partial charge in [-0.1, -0.05) is 146 Å². The van der Waals surface area contributed by atoms with Crippen molar-refractivity contribution in [2.75, 3.05) is 4.90 Å². The molecule has 0 atom stereocenters. The highest BCUT2D eigenvalue weighted by atomic mass is 16.3. The maximum absolute atomic E-state index is 6.54. The fourth-order valence-electron chi connectivity index (χ4n) is 9.04. The minimum absolute atomic E-state index is 0.631. The van der Waals surface area contributed by atoms with Gasteiger partial charge in [0.25, 0.3) is 0 Å². The average Bonchev–Trinajstić information content (AvgIpc) is 3.92. The van der Waals surface area contributed by atoms with Crippen LogP contribution in [0.15, 0.2) is 229 Å². The molecule has 0 unspecified atom stereocenters. The SMILES string of the molecule is c1ccc(-c2ccc(N(c3ccc(-c4ccc5ccc6ccc7nc(-c8ccccc8)oc7c6c5c4)cc3)c3ccc4c5ccccc5n(-c5ccccc5)c4c3)cc2)cc1. The number of hydrogen-bond donors (Lipinski definition) is 0. The van der Waals surface area contributed by atoms with Crippen LogP contribution < -0.4 is 4.90 Å². The van der Waals surface area contributed by atoms with E-state index in [0.717, 1.165) is 77.6 Å². The number of fused-ring (bicyclic) bond motifs is 8. The van der Waals surface area contributed by atoms with E-state index in [1.165, 1.54) is 27.4 Å². The molecule has 0 amide bonds. The van der Waals surface area contributed by atoms with E-state index in [0.29, 0.717) is 5.89 Å². The standard InChI is InChI=1S/C57H37N3O/c1-4-12-38(13-5-1)39-24-29-46(30-25-39)59(48-33-34-50-49-18-10-11-19-53(49)60(54(50)37-48)45-16-8-3-9-17-45)47-31-26-40(27-32-47)44-23-21-41-20-22-42-28-35-52-56(55(42)51(41)36-44)61-57(58-52)43-14-6-2-7-15-43/h1-37H. The summed E-state index contributed by atoms with van der Waals surface area (Å²) in [6.07, 6.45) is 0. The molecule has 0 aliphatic heterocycles. The highest BCUT2D eigenvalue weighted by Gasteiger charge is 2.19. The normalized spacial score (nSPS) is 11.6. The summed E-state index contributed by atoms with van der Waals surface area (Å²) in [7, 11) is 0. The predicted molar refractivity (Wildman–Crippen MR) is 254 cm³/mol. The largest absolute Gasteiger partial charge is 0.435 e. The van der Waals surface area contributed by atoms with Crippen LogP contribution in [0.4, 0.5) is 17.1 Å². The second-order valence-corrected chi connectivity index (χ2v) is 15.6. The first-order valence-corrected chi connectivity index (χ1v) is 20.7. The molecule has 286 valence electrons. The monoisotopic (exact) mass is 779 g/mol. The van der Waals surface area contributed by atoms with E-state index >= 15 is 0 Å². The number of rotatable bonds is 7. The number of para-hydroxylation sites is 2. The van der Waals surface area contributed by atoms with Crippen LogP contribution in [0.1, 0.15) is 0 Å². The molecule has 4 nitrogen and oxygen atoms in total. The fraction of sp³-hybridized carbons (Fsp3) is 0. The van der Waals surface area contributed by atoms with Crippen LogP contribution in [0.2, 0.25) is 0 Å². The summed E-state index contributed by atoms with van der Waals surface area (Å²) in [5, 5.41) is 6.96. The highest BCUT2D eigenvalue weighted by Crippen LogP contribution is 2.42. The van der Waals surface area contributed by atoms with Crippen molar-refractivity contribution in [3.63, 3.8) is 0 Å². The molecule has 0 saturated heterocycles. The van der Waals surface area contributed by atoms with Gasteiger partial charge in [-0.15, -0.1) is 0 Å². The van der Waals surface area contributed by atoms with Gasteiger partial charge < -0.3 is 13.9 Å². The molecule has 4 heteroatoms. The van der Waals surface area contributed by atoms with Crippen LogP contribution >= 0.6 is 0 Å². The first kappa shape index (κ1) is 34.8. The van der Waals surface area contributed by atoms with Gasteiger partial charge in [-0.2, -0.15) is 0 Å². The van der Waals surface area contributed by atoms with Gasteiger partial charge in [0.15, 0.2) is 5.58 Å². The van der Waals surface area contributed by atoms with Gasteiger partial charge in [0.2, 0.25) is 5.89 Å². The first-order chi connectivity index (χ1) is 30.2. The lowest BCUT2D eigenvalue weighted by molar-refractivity contribution is 0.623. The fourth-order valence-corrected chi connectivity index (χ4v) is 9.04. The Morgan fingerprint density at radius 1 is 0.377 bits per heavy atom. The Balaban J connectivity index is 0.986. The van der Waals surface area contributed by atoms with E-state index < -0.39 is 0 Å². The molecule has 12 rings (SSSR count). The van der Waals surface area contributed by atoms with Crippen molar-refractivity contribution in [3.8, 4) is 39.4 Å². The zero-order valence-electron chi connectivity index (χ0n) is 33.1. The Kier molecular flexibility index (Phi) is 8.13. The third-order valence-electron chi connectivity index (χ3n) is 12.0. The molecule has 0 spiro atoms. The minimum Gasteiger partial charge on any atom is -0.435 e. The molecule has 0 bridgehead atoms. The highest BCUT2D eigenvalue weighted by molar-refractivity contribution is 6.18. The topological polar surface area (TPSA) is 34.2 Å². The minimum atomic E-state index is 0.631. The number of anilines is 3. The lowest BCUT2D eigenvalue weighted by Crippen LogP contribution is -2.10. The molecule has 0 aliphatic carbocycles. The van der Waals surface area contributed by atoms with Gasteiger partial charge in [0.1, 0.15) is 5.52 Å². The molecule has 61 heavy (non-hydrogen) atoms. The number of hydrogen-bond acceptors (Lipinski definition) is 3. The van der Waals surface area contributed by atoms with Crippen molar-refractivity contribution in [1.82, 2.24) is 9.55 Å². The van der Waals surface area contributed by atoms with Gasteiger partial charge in [0.05, 0.1) is 11.0 Å². The van der Waals surface area contributed by atoms with Crippen molar-refractivity contribution < 1.29 is 4.42 Å². The molecule has 0 fully saturated rings. The Hall–Kier alpha value is -8.21. The van der Waals surface area contributed by atoms with Crippen molar-refractivity contribution in [2.24, 2.45) is 0 Å². The molecular formula is C57H37N3O. The molecule has 12 aromatic rings. The second kappa shape index (κ2) is 14.3. The molecule has 0 N–H and O–H groups in total. The molecule has 0 aliphatic rings. The van der Waals surface area contributed by atoms with Crippen molar-refractivity contribution in [2.45, 2.75) is 0 Å². The summed E-state index contributed by atoms with van der Waals surface area (Å²) >= 11 is 0. The van der Waals surface area contributed by atoms with Crippen molar-refractivity contribution in [1.29, 1.82) is 0 Å². The van der Waals surface area contributed by atoms with Gasteiger partial charge in [0, 0.05) is 44.5 Å². The lowest BCUT2D eigenvalue weighted by Gasteiger charge is -2.26. The molecule has 0 radical (unpaired) electrons. The quantitative estimate of drug-likeness (QED) is 0.151. The van der Waals surface area contributed by atoms with E-state index in [4.69, 9.17) is 9.40 Å². The van der Waals surface area contributed by atoms with E-state index in [9.17, 15) is 0 Å². The summed E-state index contributed by atoms with van der Waals surface area (Å²) in [6, 6.07) is 80.1. The Labute approximate surface area is 352 Å². The van der Waals surface area contributed by atoms with Crippen LogP contribution in [0, 0.1) is 0 Å². The smallest absolute Gasteiger partial charge is 0.227 e. The van der Waals surface area contributed by atoms with Crippen LogP contribution in [0.5, 0.6) is 0 Å². The third kappa shape index (κ3) is 5.96. The Bertz CT molecular complexity index is 3550. The lowest BCUT2D eigenvalue weighted by atomic mass is 9.96. The third-order valence-corrected chi connectivity index (χ3v) is 12.0. The van der Waals surface area contributed by atoms with E-state index in [1.54, 1.807) is 0 Å². The number of nitrogens with zero attached hydrogens (tertiary/aromatic N) is 3.